The van der Waals surface area contributed by atoms with Crippen LogP contribution in [0.15, 0.2) is 18.2 Å². The Morgan fingerprint density at radius 2 is 2.15 bits per heavy atom. The van der Waals surface area contributed by atoms with Crippen LogP contribution in [-0.2, 0) is 13.0 Å². The molecule has 1 aliphatic rings. The van der Waals surface area contributed by atoms with Gasteiger partial charge in [-0.1, -0.05) is 19.9 Å². The highest BCUT2D eigenvalue weighted by Gasteiger charge is 2.25. The van der Waals surface area contributed by atoms with Crippen LogP contribution >= 0.6 is 0 Å². The first-order valence-corrected chi connectivity index (χ1v) is 9.15. The van der Waals surface area contributed by atoms with Gasteiger partial charge in [-0.3, -0.25) is 4.79 Å². The Morgan fingerprint density at radius 1 is 1.35 bits per heavy atom. The van der Waals surface area contributed by atoms with E-state index in [9.17, 15) is 9.18 Å². The van der Waals surface area contributed by atoms with Crippen LogP contribution in [-0.4, -0.2) is 33.8 Å². The molecule has 0 fully saturated rings. The summed E-state index contributed by atoms with van der Waals surface area (Å²) < 4.78 is 16.3. The predicted molar refractivity (Wildman–Crippen MR) is 97.4 cm³/mol. The van der Waals surface area contributed by atoms with E-state index in [0.29, 0.717) is 12.3 Å². The van der Waals surface area contributed by atoms with Gasteiger partial charge in [-0.25, -0.2) is 4.39 Å². The second-order valence-electron chi connectivity index (χ2n) is 7.26. The lowest BCUT2D eigenvalue weighted by Crippen LogP contribution is -2.32. The van der Waals surface area contributed by atoms with Crippen molar-refractivity contribution >= 4 is 5.91 Å². The lowest BCUT2D eigenvalue weighted by Gasteiger charge is -2.21. The topological polar surface area (TPSA) is 71.8 Å². The number of nitrogens with one attached hydrogen (secondary N) is 2. The van der Waals surface area contributed by atoms with Crippen molar-refractivity contribution < 1.29 is 9.18 Å². The molecule has 1 aromatic carbocycles. The highest BCUT2D eigenvalue weighted by atomic mass is 19.1. The SMILES string of the molecule is Cc1ccc(C(=O)NC(CC(C)C)c2nnc3n2CCNCC3)c(F)c1. The lowest BCUT2D eigenvalue weighted by atomic mass is 10.0. The third kappa shape index (κ3) is 4.09. The van der Waals surface area contributed by atoms with Crippen molar-refractivity contribution in [3.05, 3.63) is 46.8 Å². The minimum absolute atomic E-state index is 0.0571. The molecule has 1 aromatic heterocycles. The number of amides is 1. The summed E-state index contributed by atoms with van der Waals surface area (Å²) >= 11 is 0. The largest absolute Gasteiger partial charge is 0.342 e. The molecule has 0 bridgehead atoms. The second-order valence-corrected chi connectivity index (χ2v) is 7.26. The van der Waals surface area contributed by atoms with E-state index < -0.39 is 11.7 Å². The van der Waals surface area contributed by atoms with Crippen LogP contribution < -0.4 is 10.6 Å². The molecule has 7 heteroatoms. The molecule has 0 radical (unpaired) electrons. The average molecular weight is 359 g/mol. The summed E-state index contributed by atoms with van der Waals surface area (Å²) in [7, 11) is 0. The van der Waals surface area contributed by atoms with Gasteiger partial charge in [-0.2, -0.15) is 0 Å². The summed E-state index contributed by atoms with van der Waals surface area (Å²) in [5.41, 5.74) is 0.842. The smallest absolute Gasteiger partial charge is 0.254 e. The molecule has 26 heavy (non-hydrogen) atoms. The molecule has 140 valence electrons. The highest BCUT2D eigenvalue weighted by molar-refractivity contribution is 5.94. The third-order valence-corrected chi connectivity index (χ3v) is 4.59. The third-order valence-electron chi connectivity index (χ3n) is 4.59. The molecule has 0 spiro atoms. The van der Waals surface area contributed by atoms with Gasteiger partial charge in [0.05, 0.1) is 11.6 Å². The highest BCUT2D eigenvalue weighted by Crippen LogP contribution is 2.22. The molecule has 1 amide bonds. The van der Waals surface area contributed by atoms with Crippen LogP contribution in [0, 0.1) is 18.7 Å². The summed E-state index contributed by atoms with van der Waals surface area (Å²) in [5, 5.41) is 15.0. The zero-order valence-electron chi connectivity index (χ0n) is 15.6. The van der Waals surface area contributed by atoms with Crippen molar-refractivity contribution in [1.82, 2.24) is 25.4 Å². The van der Waals surface area contributed by atoms with Crippen LogP contribution in [0.3, 0.4) is 0 Å². The van der Waals surface area contributed by atoms with Gasteiger partial charge in [-0.05, 0) is 37.0 Å². The van der Waals surface area contributed by atoms with Crippen molar-refractivity contribution in [2.45, 2.75) is 46.2 Å². The fourth-order valence-corrected chi connectivity index (χ4v) is 3.29. The molecule has 0 saturated carbocycles. The molecular formula is C19H26FN5O. The molecule has 1 aliphatic heterocycles. The first-order valence-electron chi connectivity index (χ1n) is 9.15. The quantitative estimate of drug-likeness (QED) is 0.860. The Balaban J connectivity index is 1.87. The Bertz CT molecular complexity index is 786. The summed E-state index contributed by atoms with van der Waals surface area (Å²) in [6, 6.07) is 4.34. The number of carbonyl (C=O) groups is 1. The van der Waals surface area contributed by atoms with Gasteiger partial charge in [0, 0.05) is 26.1 Å². The number of rotatable bonds is 5. The van der Waals surface area contributed by atoms with Gasteiger partial charge in [-0.15, -0.1) is 10.2 Å². The number of aryl methyl sites for hydroxylation is 1. The summed E-state index contributed by atoms with van der Waals surface area (Å²) in [6.45, 7) is 8.45. The monoisotopic (exact) mass is 359 g/mol. The Kier molecular flexibility index (Phi) is 5.66. The number of benzene rings is 1. The molecule has 3 rings (SSSR count). The fraction of sp³-hybridized carbons (Fsp3) is 0.526. The zero-order chi connectivity index (χ0) is 18.7. The molecular weight excluding hydrogens is 333 g/mol. The molecule has 2 aromatic rings. The first-order chi connectivity index (χ1) is 12.5. The molecule has 2 heterocycles. The Hall–Kier alpha value is -2.28. The van der Waals surface area contributed by atoms with Gasteiger partial charge < -0.3 is 15.2 Å². The molecule has 0 aliphatic carbocycles. The molecule has 2 N–H and O–H groups in total. The van der Waals surface area contributed by atoms with Crippen LogP contribution in [0.4, 0.5) is 4.39 Å². The van der Waals surface area contributed by atoms with Crippen LogP contribution in [0.5, 0.6) is 0 Å². The first kappa shape index (κ1) is 18.5. The van der Waals surface area contributed by atoms with Gasteiger partial charge in [0.25, 0.3) is 5.91 Å². The van der Waals surface area contributed by atoms with Gasteiger partial charge in [0.1, 0.15) is 11.6 Å². The van der Waals surface area contributed by atoms with E-state index in [-0.39, 0.29) is 11.6 Å². The van der Waals surface area contributed by atoms with Gasteiger partial charge in [0.15, 0.2) is 5.82 Å². The maximum absolute atomic E-state index is 14.2. The van der Waals surface area contributed by atoms with E-state index in [1.54, 1.807) is 13.0 Å². The standard InChI is InChI=1S/C19H26FN5O/c1-12(2)10-16(18-24-23-17-6-7-21-8-9-25(17)18)22-19(26)14-5-4-13(3)11-15(14)20/h4-5,11-12,16,21H,6-10H2,1-3H3,(H,22,26). The number of hydrogen-bond donors (Lipinski definition) is 2. The van der Waals surface area contributed by atoms with E-state index in [1.165, 1.54) is 12.1 Å². The molecule has 6 nitrogen and oxygen atoms in total. The van der Waals surface area contributed by atoms with Gasteiger partial charge >= 0.3 is 0 Å². The number of hydrogen-bond acceptors (Lipinski definition) is 4. The maximum atomic E-state index is 14.2. The fourth-order valence-electron chi connectivity index (χ4n) is 3.29. The summed E-state index contributed by atoms with van der Waals surface area (Å²) in [6.07, 6.45) is 1.52. The second kappa shape index (κ2) is 7.95. The van der Waals surface area contributed by atoms with Gasteiger partial charge in [0.2, 0.25) is 0 Å². The van der Waals surface area contributed by atoms with Crippen LogP contribution in [0.2, 0.25) is 0 Å². The number of nitrogens with zero attached hydrogens (tertiary/aromatic N) is 3. The molecule has 1 unspecified atom stereocenters. The van der Waals surface area contributed by atoms with E-state index in [2.05, 4.69) is 39.2 Å². The minimum Gasteiger partial charge on any atom is -0.342 e. The zero-order valence-corrected chi connectivity index (χ0v) is 15.6. The summed E-state index contributed by atoms with van der Waals surface area (Å²) in [5.74, 6) is 1.10. The van der Waals surface area contributed by atoms with E-state index >= 15 is 0 Å². The number of carbonyl (C=O) groups excluding carboxylic acids is 1. The van der Waals surface area contributed by atoms with Crippen LogP contribution in [0.1, 0.15) is 53.9 Å². The van der Waals surface area contributed by atoms with E-state index in [4.69, 9.17) is 0 Å². The number of fused-ring (bicyclic) bond motifs is 1. The number of halogens is 1. The molecule has 0 saturated heterocycles. The van der Waals surface area contributed by atoms with Crippen molar-refractivity contribution in [2.75, 3.05) is 13.1 Å². The van der Waals surface area contributed by atoms with Crippen LogP contribution in [0.25, 0.3) is 0 Å². The van der Waals surface area contributed by atoms with Crippen molar-refractivity contribution in [2.24, 2.45) is 5.92 Å². The van der Waals surface area contributed by atoms with E-state index in [1.807, 2.05) is 0 Å². The average Bonchev–Trinajstić information content (AvgIpc) is 2.82. The Labute approximate surface area is 153 Å². The summed E-state index contributed by atoms with van der Waals surface area (Å²) in [4.78, 5) is 12.7. The van der Waals surface area contributed by atoms with Crippen molar-refractivity contribution in [3.63, 3.8) is 0 Å². The Morgan fingerprint density at radius 3 is 2.88 bits per heavy atom. The van der Waals surface area contributed by atoms with Crippen molar-refractivity contribution in [1.29, 1.82) is 0 Å². The predicted octanol–water partition coefficient (Wildman–Crippen LogP) is 2.39. The van der Waals surface area contributed by atoms with E-state index in [0.717, 1.165) is 43.3 Å². The normalized spacial score (nSPS) is 15.4. The lowest BCUT2D eigenvalue weighted by molar-refractivity contribution is 0.0924. The minimum atomic E-state index is -0.505. The number of aromatic nitrogens is 3. The van der Waals surface area contributed by atoms with Crippen molar-refractivity contribution in [3.8, 4) is 0 Å². The maximum Gasteiger partial charge on any atom is 0.254 e. The molecule has 1 atom stereocenters.